The minimum atomic E-state index is -0.0666. The summed E-state index contributed by atoms with van der Waals surface area (Å²) in [6.07, 6.45) is 3.87. The Morgan fingerprint density at radius 1 is 1.17 bits per heavy atom. The molecule has 1 aromatic carbocycles. The van der Waals surface area contributed by atoms with Gasteiger partial charge in [0.15, 0.2) is 0 Å². The van der Waals surface area contributed by atoms with Crippen molar-refractivity contribution in [3.8, 4) is 0 Å². The van der Waals surface area contributed by atoms with E-state index in [2.05, 4.69) is 34.3 Å². The third kappa shape index (κ3) is 4.65. The molecule has 0 saturated carbocycles. The predicted molar refractivity (Wildman–Crippen MR) is 116 cm³/mol. The maximum absolute atomic E-state index is 12.8. The van der Waals surface area contributed by atoms with Crippen molar-refractivity contribution < 1.29 is 9.53 Å². The van der Waals surface area contributed by atoms with Crippen LogP contribution in [0.4, 0.5) is 16.3 Å². The van der Waals surface area contributed by atoms with Crippen LogP contribution in [0.25, 0.3) is 0 Å². The van der Waals surface area contributed by atoms with Crippen LogP contribution in [0.15, 0.2) is 42.6 Å². The number of hydrogen-bond acceptors (Lipinski definition) is 4. The summed E-state index contributed by atoms with van der Waals surface area (Å²) >= 11 is 6.28. The molecule has 1 N–H and O–H groups in total. The summed E-state index contributed by atoms with van der Waals surface area (Å²) in [7, 11) is 0. The molecule has 2 amide bonds. The highest BCUT2D eigenvalue weighted by molar-refractivity contribution is 6.32. The molecular formula is C22H27ClN4O2. The van der Waals surface area contributed by atoms with Crippen LogP contribution in [0.1, 0.15) is 31.2 Å². The highest BCUT2D eigenvalue weighted by Gasteiger charge is 2.29. The van der Waals surface area contributed by atoms with E-state index in [1.165, 1.54) is 5.56 Å². The van der Waals surface area contributed by atoms with Crippen molar-refractivity contribution >= 4 is 29.1 Å². The zero-order chi connectivity index (χ0) is 20.2. The molecule has 0 radical (unpaired) electrons. The summed E-state index contributed by atoms with van der Waals surface area (Å²) in [4.78, 5) is 21.2. The summed E-state index contributed by atoms with van der Waals surface area (Å²) in [5.41, 5.74) is 2.15. The number of aromatic nitrogens is 1. The maximum atomic E-state index is 12.8. The standard InChI is InChI=1S/C22H27ClN4O2/c1-16-15-26(21-20(23)3-2-10-24-21)11-12-27(16)22(28)25-19-6-4-17(5-7-19)18-8-13-29-14-9-18/h2-7,10,16,18H,8-9,11-15H2,1H3,(H,25,28)/t16-/m1/s1. The second-order valence-corrected chi connectivity index (χ2v) is 8.14. The Balaban J connectivity index is 1.35. The molecule has 3 heterocycles. The normalized spacial score (nSPS) is 20.6. The number of piperazine rings is 1. The number of urea groups is 1. The van der Waals surface area contributed by atoms with E-state index in [1.54, 1.807) is 6.20 Å². The molecule has 1 aromatic heterocycles. The number of benzene rings is 1. The van der Waals surface area contributed by atoms with Gasteiger partial charge >= 0.3 is 6.03 Å². The number of amides is 2. The Labute approximate surface area is 176 Å². The lowest BCUT2D eigenvalue weighted by atomic mass is 9.92. The lowest BCUT2D eigenvalue weighted by molar-refractivity contribution is 0.0853. The molecule has 2 aliphatic heterocycles. The van der Waals surface area contributed by atoms with E-state index in [9.17, 15) is 4.79 Å². The number of hydrogen-bond donors (Lipinski definition) is 1. The number of rotatable bonds is 3. The number of ether oxygens (including phenoxy) is 1. The zero-order valence-corrected chi connectivity index (χ0v) is 17.4. The van der Waals surface area contributed by atoms with E-state index < -0.39 is 0 Å². The van der Waals surface area contributed by atoms with Crippen LogP contribution in [-0.2, 0) is 4.74 Å². The Morgan fingerprint density at radius 3 is 2.62 bits per heavy atom. The number of nitrogens with one attached hydrogen (secondary N) is 1. The first kappa shape index (κ1) is 20.0. The van der Waals surface area contributed by atoms with Gasteiger partial charge in [-0.1, -0.05) is 23.7 Å². The molecule has 2 fully saturated rings. The molecule has 0 bridgehead atoms. The van der Waals surface area contributed by atoms with Gasteiger partial charge in [0.1, 0.15) is 5.82 Å². The summed E-state index contributed by atoms with van der Waals surface area (Å²) in [5.74, 6) is 1.34. The average molecular weight is 415 g/mol. The highest BCUT2D eigenvalue weighted by Crippen LogP contribution is 2.28. The summed E-state index contributed by atoms with van der Waals surface area (Å²) in [6, 6.07) is 11.9. The monoisotopic (exact) mass is 414 g/mol. The van der Waals surface area contributed by atoms with Crippen LogP contribution in [-0.4, -0.2) is 54.8 Å². The van der Waals surface area contributed by atoms with E-state index in [-0.39, 0.29) is 12.1 Å². The van der Waals surface area contributed by atoms with Gasteiger partial charge in [-0.2, -0.15) is 0 Å². The Hall–Kier alpha value is -2.31. The molecule has 2 aliphatic rings. The molecule has 4 rings (SSSR count). The van der Waals surface area contributed by atoms with Crippen LogP contribution in [0.2, 0.25) is 5.02 Å². The molecular weight excluding hydrogens is 388 g/mol. The average Bonchev–Trinajstić information content (AvgIpc) is 2.75. The highest BCUT2D eigenvalue weighted by atomic mass is 35.5. The van der Waals surface area contributed by atoms with Crippen molar-refractivity contribution in [1.82, 2.24) is 9.88 Å². The molecule has 0 unspecified atom stereocenters. The lowest BCUT2D eigenvalue weighted by Crippen LogP contribution is -2.55. The third-order valence-corrected chi connectivity index (χ3v) is 6.08. The first-order valence-electron chi connectivity index (χ1n) is 10.2. The topological polar surface area (TPSA) is 57.7 Å². The maximum Gasteiger partial charge on any atom is 0.322 e. The van der Waals surface area contributed by atoms with Gasteiger partial charge in [0.05, 0.1) is 5.02 Å². The van der Waals surface area contributed by atoms with Crippen LogP contribution in [0.3, 0.4) is 0 Å². The Morgan fingerprint density at radius 2 is 1.93 bits per heavy atom. The van der Waals surface area contributed by atoms with Crippen LogP contribution in [0, 0.1) is 0 Å². The smallest absolute Gasteiger partial charge is 0.322 e. The third-order valence-electron chi connectivity index (χ3n) is 5.78. The second kappa shape index (κ2) is 9.01. The quantitative estimate of drug-likeness (QED) is 0.810. The minimum absolute atomic E-state index is 0.0586. The number of nitrogens with zero attached hydrogens (tertiary/aromatic N) is 3. The van der Waals surface area contributed by atoms with Gasteiger partial charge in [-0.3, -0.25) is 0 Å². The molecule has 1 atom stereocenters. The number of anilines is 2. The van der Waals surface area contributed by atoms with Gasteiger partial charge in [0.2, 0.25) is 0 Å². The molecule has 6 nitrogen and oxygen atoms in total. The van der Waals surface area contributed by atoms with Crippen LogP contribution < -0.4 is 10.2 Å². The van der Waals surface area contributed by atoms with Gasteiger partial charge in [0.25, 0.3) is 0 Å². The van der Waals surface area contributed by atoms with E-state index >= 15 is 0 Å². The first-order valence-corrected chi connectivity index (χ1v) is 10.6. The summed E-state index contributed by atoms with van der Waals surface area (Å²) in [5, 5.41) is 3.68. The van der Waals surface area contributed by atoms with Crippen molar-refractivity contribution in [3.63, 3.8) is 0 Å². The SMILES string of the molecule is C[C@@H]1CN(c2ncccc2Cl)CCN1C(=O)Nc1ccc(C2CCOCC2)cc1. The van der Waals surface area contributed by atoms with Crippen molar-refractivity contribution in [3.05, 3.63) is 53.2 Å². The number of carbonyl (C=O) groups is 1. The Kier molecular flexibility index (Phi) is 6.21. The fraction of sp³-hybridized carbons (Fsp3) is 0.455. The number of pyridine rings is 1. The predicted octanol–water partition coefficient (Wildman–Crippen LogP) is 4.37. The summed E-state index contributed by atoms with van der Waals surface area (Å²) < 4.78 is 5.44. The van der Waals surface area contributed by atoms with Gasteiger partial charge in [-0.05, 0) is 55.5 Å². The molecule has 7 heteroatoms. The fourth-order valence-electron chi connectivity index (χ4n) is 4.13. The van der Waals surface area contributed by atoms with Crippen LogP contribution >= 0.6 is 11.6 Å². The molecule has 0 spiro atoms. The molecule has 29 heavy (non-hydrogen) atoms. The molecule has 2 saturated heterocycles. The van der Waals surface area contributed by atoms with Crippen LogP contribution in [0.5, 0.6) is 0 Å². The van der Waals surface area contributed by atoms with E-state index in [4.69, 9.17) is 16.3 Å². The van der Waals surface area contributed by atoms with Gasteiger partial charge < -0.3 is 19.9 Å². The first-order chi connectivity index (χ1) is 14.1. The molecule has 2 aromatic rings. The van der Waals surface area contributed by atoms with Gasteiger partial charge in [-0.15, -0.1) is 0 Å². The zero-order valence-electron chi connectivity index (χ0n) is 16.7. The molecule has 0 aliphatic carbocycles. The van der Waals surface area contributed by atoms with Gasteiger partial charge in [-0.25, -0.2) is 9.78 Å². The fourth-order valence-corrected chi connectivity index (χ4v) is 4.37. The second-order valence-electron chi connectivity index (χ2n) is 7.74. The Bertz CT molecular complexity index is 839. The van der Waals surface area contributed by atoms with E-state index in [0.717, 1.165) is 37.6 Å². The molecule has 154 valence electrons. The van der Waals surface area contributed by atoms with E-state index in [1.807, 2.05) is 29.2 Å². The van der Waals surface area contributed by atoms with Gasteiger partial charge in [0, 0.05) is 50.8 Å². The number of halogens is 1. The van der Waals surface area contributed by atoms with E-state index in [0.29, 0.717) is 30.6 Å². The van der Waals surface area contributed by atoms with Crippen molar-refractivity contribution in [1.29, 1.82) is 0 Å². The largest absolute Gasteiger partial charge is 0.381 e. The summed E-state index contributed by atoms with van der Waals surface area (Å²) in [6.45, 7) is 5.74. The van der Waals surface area contributed by atoms with Crippen molar-refractivity contribution in [2.75, 3.05) is 43.1 Å². The number of carbonyl (C=O) groups excluding carboxylic acids is 1. The minimum Gasteiger partial charge on any atom is -0.381 e. The van der Waals surface area contributed by atoms with Crippen molar-refractivity contribution in [2.24, 2.45) is 0 Å². The van der Waals surface area contributed by atoms with Crippen molar-refractivity contribution in [2.45, 2.75) is 31.7 Å². The lowest BCUT2D eigenvalue weighted by Gasteiger charge is -2.40.